The van der Waals surface area contributed by atoms with E-state index in [1.807, 2.05) is 19.1 Å². The Morgan fingerprint density at radius 3 is 2.74 bits per heavy atom. The van der Waals surface area contributed by atoms with Gasteiger partial charge in [-0.1, -0.05) is 12.8 Å². The van der Waals surface area contributed by atoms with E-state index < -0.39 is 0 Å². The Hall–Kier alpha value is -1.77. The summed E-state index contributed by atoms with van der Waals surface area (Å²) in [5, 5.41) is 4.86. The van der Waals surface area contributed by atoms with Crippen molar-refractivity contribution >= 4 is 16.6 Å². The second kappa shape index (κ2) is 5.08. The molecule has 3 heteroatoms. The molecule has 1 saturated carbocycles. The summed E-state index contributed by atoms with van der Waals surface area (Å²) in [6.45, 7) is 2.04. The number of nitrogens with one attached hydrogen (secondary N) is 1. The van der Waals surface area contributed by atoms with Gasteiger partial charge in [-0.3, -0.25) is 4.98 Å². The highest BCUT2D eigenvalue weighted by molar-refractivity contribution is 5.92. The highest BCUT2D eigenvalue weighted by atomic mass is 16.5. The molecule has 100 valence electrons. The Morgan fingerprint density at radius 1 is 1.21 bits per heavy atom. The van der Waals surface area contributed by atoms with Crippen molar-refractivity contribution in [1.29, 1.82) is 0 Å². The minimum absolute atomic E-state index is 0.618. The summed E-state index contributed by atoms with van der Waals surface area (Å²) in [7, 11) is 1.69. The highest BCUT2D eigenvalue weighted by Gasteiger charge is 2.16. The van der Waals surface area contributed by atoms with E-state index in [-0.39, 0.29) is 0 Å². The van der Waals surface area contributed by atoms with Crippen molar-refractivity contribution in [3.63, 3.8) is 0 Å². The summed E-state index contributed by atoms with van der Waals surface area (Å²) in [5.41, 5.74) is 3.25. The van der Waals surface area contributed by atoms with Crippen LogP contribution in [-0.4, -0.2) is 18.1 Å². The van der Waals surface area contributed by atoms with Gasteiger partial charge >= 0.3 is 0 Å². The average molecular weight is 256 g/mol. The van der Waals surface area contributed by atoms with Crippen LogP contribution in [-0.2, 0) is 0 Å². The predicted octanol–water partition coefficient (Wildman–Crippen LogP) is 3.91. The smallest absolute Gasteiger partial charge is 0.121 e. The third kappa shape index (κ3) is 2.50. The molecule has 0 amide bonds. The largest absolute Gasteiger partial charge is 0.497 e. The Bertz CT molecular complexity index is 589. The summed E-state index contributed by atoms with van der Waals surface area (Å²) in [4.78, 5) is 4.60. The van der Waals surface area contributed by atoms with Gasteiger partial charge in [0.2, 0.25) is 0 Å². The number of hydrogen-bond donors (Lipinski definition) is 1. The van der Waals surface area contributed by atoms with Crippen molar-refractivity contribution in [2.75, 3.05) is 12.4 Å². The van der Waals surface area contributed by atoms with Crippen molar-refractivity contribution in [2.24, 2.45) is 0 Å². The number of aryl methyl sites for hydroxylation is 1. The molecule has 0 aliphatic heterocycles. The fourth-order valence-corrected chi connectivity index (χ4v) is 2.88. The summed E-state index contributed by atoms with van der Waals surface area (Å²) < 4.78 is 5.28. The maximum absolute atomic E-state index is 5.28. The molecular weight excluding hydrogens is 236 g/mol. The van der Waals surface area contributed by atoms with E-state index in [1.54, 1.807) is 7.11 Å². The first kappa shape index (κ1) is 12.3. The lowest BCUT2D eigenvalue weighted by atomic mass is 10.1. The summed E-state index contributed by atoms with van der Waals surface area (Å²) in [6.07, 6.45) is 5.24. The lowest BCUT2D eigenvalue weighted by molar-refractivity contribution is 0.415. The van der Waals surface area contributed by atoms with Crippen LogP contribution in [0, 0.1) is 6.92 Å². The normalized spacial score (nSPS) is 15.9. The Kier molecular flexibility index (Phi) is 3.28. The number of aromatic nitrogens is 1. The molecule has 1 aromatic heterocycles. The molecule has 1 fully saturated rings. The van der Waals surface area contributed by atoms with Crippen LogP contribution in [0.3, 0.4) is 0 Å². The molecule has 0 saturated heterocycles. The van der Waals surface area contributed by atoms with Crippen LogP contribution in [0.5, 0.6) is 5.75 Å². The van der Waals surface area contributed by atoms with E-state index in [1.165, 1.54) is 36.8 Å². The van der Waals surface area contributed by atoms with E-state index in [4.69, 9.17) is 4.74 Å². The van der Waals surface area contributed by atoms with Gasteiger partial charge in [0, 0.05) is 28.9 Å². The molecule has 1 aromatic carbocycles. The van der Waals surface area contributed by atoms with E-state index in [9.17, 15) is 0 Å². The zero-order chi connectivity index (χ0) is 13.2. The van der Waals surface area contributed by atoms with Crippen molar-refractivity contribution < 1.29 is 4.74 Å². The highest BCUT2D eigenvalue weighted by Crippen LogP contribution is 2.29. The van der Waals surface area contributed by atoms with Gasteiger partial charge < -0.3 is 10.1 Å². The van der Waals surface area contributed by atoms with E-state index in [0.717, 1.165) is 17.0 Å². The fourth-order valence-electron chi connectivity index (χ4n) is 2.88. The van der Waals surface area contributed by atoms with Crippen LogP contribution in [0.4, 0.5) is 5.69 Å². The zero-order valence-electron chi connectivity index (χ0n) is 11.6. The summed E-state index contributed by atoms with van der Waals surface area (Å²) >= 11 is 0. The lowest BCUT2D eigenvalue weighted by Gasteiger charge is -2.16. The molecule has 3 nitrogen and oxygen atoms in total. The first-order chi connectivity index (χ1) is 9.26. The van der Waals surface area contributed by atoms with Gasteiger partial charge in [0.25, 0.3) is 0 Å². The van der Waals surface area contributed by atoms with Crippen LogP contribution >= 0.6 is 0 Å². The van der Waals surface area contributed by atoms with Crippen molar-refractivity contribution in [2.45, 2.75) is 38.6 Å². The lowest BCUT2D eigenvalue weighted by Crippen LogP contribution is -2.15. The number of hydrogen-bond acceptors (Lipinski definition) is 3. The number of benzene rings is 1. The van der Waals surface area contributed by atoms with Gasteiger partial charge in [0.05, 0.1) is 12.6 Å². The molecule has 0 bridgehead atoms. The first-order valence-corrected chi connectivity index (χ1v) is 6.98. The molecule has 1 aliphatic rings. The molecule has 0 unspecified atom stereocenters. The van der Waals surface area contributed by atoms with E-state index in [2.05, 4.69) is 22.4 Å². The second-order valence-electron chi connectivity index (χ2n) is 5.32. The number of ether oxygens (including phenoxy) is 1. The fraction of sp³-hybridized carbons (Fsp3) is 0.438. The van der Waals surface area contributed by atoms with Crippen molar-refractivity contribution in [3.05, 3.63) is 30.0 Å². The standard InChI is InChI=1S/C16H20N2O/c1-11-9-15(18-12-5-3-4-6-12)14-8-7-13(19-2)10-16(14)17-11/h7-10,12H,3-6H2,1-2H3,(H,17,18). The number of pyridine rings is 1. The van der Waals surface area contributed by atoms with Gasteiger partial charge in [-0.15, -0.1) is 0 Å². The second-order valence-corrected chi connectivity index (χ2v) is 5.32. The molecule has 0 spiro atoms. The molecule has 2 aromatic rings. The van der Waals surface area contributed by atoms with Crippen LogP contribution in [0.25, 0.3) is 10.9 Å². The average Bonchev–Trinajstić information content (AvgIpc) is 2.90. The number of methoxy groups -OCH3 is 1. The van der Waals surface area contributed by atoms with Crippen molar-refractivity contribution in [1.82, 2.24) is 4.98 Å². The number of rotatable bonds is 3. The monoisotopic (exact) mass is 256 g/mol. The minimum Gasteiger partial charge on any atom is -0.497 e. The maximum Gasteiger partial charge on any atom is 0.121 e. The van der Waals surface area contributed by atoms with Crippen LogP contribution in [0.1, 0.15) is 31.4 Å². The SMILES string of the molecule is COc1ccc2c(NC3CCCC3)cc(C)nc2c1. The molecule has 3 rings (SSSR count). The molecular formula is C16H20N2O. The molecule has 1 aliphatic carbocycles. The Balaban J connectivity index is 2.01. The maximum atomic E-state index is 5.28. The number of anilines is 1. The molecule has 1 heterocycles. The molecule has 0 radical (unpaired) electrons. The summed E-state index contributed by atoms with van der Waals surface area (Å²) in [6, 6.07) is 8.86. The Morgan fingerprint density at radius 2 is 2.00 bits per heavy atom. The van der Waals surface area contributed by atoms with Crippen molar-refractivity contribution in [3.8, 4) is 5.75 Å². The van der Waals surface area contributed by atoms with Gasteiger partial charge in [-0.2, -0.15) is 0 Å². The van der Waals surface area contributed by atoms with Gasteiger partial charge in [-0.25, -0.2) is 0 Å². The van der Waals surface area contributed by atoms with Gasteiger partial charge in [0.15, 0.2) is 0 Å². The minimum atomic E-state index is 0.618. The van der Waals surface area contributed by atoms with Crippen LogP contribution in [0.15, 0.2) is 24.3 Å². The molecule has 19 heavy (non-hydrogen) atoms. The van der Waals surface area contributed by atoms with Gasteiger partial charge in [0.1, 0.15) is 5.75 Å². The third-order valence-electron chi connectivity index (χ3n) is 3.86. The predicted molar refractivity (Wildman–Crippen MR) is 78.9 cm³/mol. The van der Waals surface area contributed by atoms with Crippen LogP contribution < -0.4 is 10.1 Å². The van der Waals surface area contributed by atoms with Crippen LogP contribution in [0.2, 0.25) is 0 Å². The quantitative estimate of drug-likeness (QED) is 0.904. The molecule has 1 N–H and O–H groups in total. The third-order valence-corrected chi connectivity index (χ3v) is 3.86. The van der Waals surface area contributed by atoms with Gasteiger partial charge in [-0.05, 0) is 38.0 Å². The number of fused-ring (bicyclic) bond motifs is 1. The van der Waals surface area contributed by atoms with E-state index in [0.29, 0.717) is 6.04 Å². The first-order valence-electron chi connectivity index (χ1n) is 6.98. The van der Waals surface area contributed by atoms with E-state index >= 15 is 0 Å². The molecule has 0 atom stereocenters. The Labute approximate surface area is 114 Å². The topological polar surface area (TPSA) is 34.1 Å². The summed E-state index contributed by atoms with van der Waals surface area (Å²) in [5.74, 6) is 0.859. The zero-order valence-corrected chi connectivity index (χ0v) is 11.6. The number of nitrogens with zero attached hydrogens (tertiary/aromatic N) is 1.